The van der Waals surface area contributed by atoms with Gasteiger partial charge >= 0.3 is 6.18 Å². The first-order valence-corrected chi connectivity index (χ1v) is 8.58. The summed E-state index contributed by atoms with van der Waals surface area (Å²) >= 11 is 0. The van der Waals surface area contributed by atoms with Crippen molar-refractivity contribution in [3.05, 3.63) is 53.3 Å². The van der Waals surface area contributed by atoms with Gasteiger partial charge in [0.2, 0.25) is 0 Å². The first-order chi connectivity index (χ1) is 12.8. The standard InChI is InChI=1S/C18H21F3N6/c1-4-12-5-7-13(8-6-12)14(26(2)3)11-22-15-9-10-16-23-24-17(18(19,20)21)27(16)25-15/h5-10,14H,4,11H2,1-3H3,(H,22,25). The Morgan fingerprint density at radius 2 is 1.78 bits per heavy atom. The van der Waals surface area contributed by atoms with Crippen LogP contribution in [-0.2, 0) is 12.6 Å². The van der Waals surface area contributed by atoms with Crippen molar-refractivity contribution in [2.45, 2.75) is 25.6 Å². The number of nitrogens with zero attached hydrogens (tertiary/aromatic N) is 5. The van der Waals surface area contributed by atoms with Gasteiger partial charge in [0.25, 0.3) is 5.82 Å². The molecule has 1 N–H and O–H groups in total. The molecule has 27 heavy (non-hydrogen) atoms. The molecule has 144 valence electrons. The molecule has 1 unspecified atom stereocenters. The molecule has 0 amide bonds. The monoisotopic (exact) mass is 378 g/mol. The second kappa shape index (κ2) is 7.51. The minimum Gasteiger partial charge on any atom is -0.367 e. The second-order valence-corrected chi connectivity index (χ2v) is 6.47. The third-order valence-electron chi connectivity index (χ3n) is 4.39. The number of anilines is 1. The van der Waals surface area contributed by atoms with E-state index in [1.165, 1.54) is 11.6 Å². The van der Waals surface area contributed by atoms with Gasteiger partial charge in [-0.25, -0.2) is 0 Å². The quantitative estimate of drug-likeness (QED) is 0.712. The van der Waals surface area contributed by atoms with Crippen molar-refractivity contribution in [1.29, 1.82) is 0 Å². The van der Waals surface area contributed by atoms with Crippen LogP contribution in [0.4, 0.5) is 19.0 Å². The van der Waals surface area contributed by atoms with Crippen molar-refractivity contribution in [1.82, 2.24) is 24.7 Å². The number of benzene rings is 1. The van der Waals surface area contributed by atoms with E-state index in [0.717, 1.165) is 12.0 Å². The summed E-state index contributed by atoms with van der Waals surface area (Å²) in [5.74, 6) is -0.815. The highest BCUT2D eigenvalue weighted by atomic mass is 19.4. The molecule has 0 aliphatic heterocycles. The lowest BCUT2D eigenvalue weighted by Gasteiger charge is -2.25. The van der Waals surface area contributed by atoms with E-state index in [-0.39, 0.29) is 11.7 Å². The summed E-state index contributed by atoms with van der Waals surface area (Å²) in [6.07, 6.45) is -3.65. The molecule has 0 saturated heterocycles. The molecule has 0 bridgehead atoms. The molecule has 0 aliphatic rings. The predicted octanol–water partition coefficient (Wildman–Crippen LogP) is 3.42. The van der Waals surface area contributed by atoms with Gasteiger partial charge in [-0.15, -0.1) is 15.3 Å². The van der Waals surface area contributed by atoms with E-state index < -0.39 is 12.0 Å². The third kappa shape index (κ3) is 4.19. The number of halogens is 3. The third-order valence-corrected chi connectivity index (χ3v) is 4.39. The lowest BCUT2D eigenvalue weighted by atomic mass is 10.0. The fourth-order valence-corrected chi connectivity index (χ4v) is 2.84. The van der Waals surface area contributed by atoms with Crippen molar-refractivity contribution >= 4 is 11.5 Å². The van der Waals surface area contributed by atoms with Crippen molar-refractivity contribution < 1.29 is 13.2 Å². The van der Waals surface area contributed by atoms with Crippen molar-refractivity contribution in [3.8, 4) is 0 Å². The zero-order chi connectivity index (χ0) is 19.6. The SMILES string of the molecule is CCc1ccc(C(CNc2ccc3nnc(C(F)(F)F)n3n2)N(C)C)cc1. The molecule has 1 aromatic carbocycles. The van der Waals surface area contributed by atoms with Crippen molar-refractivity contribution in [2.75, 3.05) is 26.0 Å². The second-order valence-electron chi connectivity index (χ2n) is 6.47. The van der Waals surface area contributed by atoms with Gasteiger partial charge in [0.05, 0.1) is 6.04 Å². The lowest BCUT2D eigenvalue weighted by molar-refractivity contribution is -0.146. The molecule has 0 saturated carbocycles. The Kier molecular flexibility index (Phi) is 5.31. The number of hydrogen-bond acceptors (Lipinski definition) is 5. The maximum absolute atomic E-state index is 13.0. The summed E-state index contributed by atoms with van der Waals surface area (Å²) in [5.41, 5.74) is 2.42. The van der Waals surface area contributed by atoms with Crippen LogP contribution in [0.25, 0.3) is 5.65 Å². The van der Waals surface area contributed by atoms with Crippen LogP contribution in [-0.4, -0.2) is 45.4 Å². The van der Waals surface area contributed by atoms with Gasteiger partial charge in [0.15, 0.2) is 5.65 Å². The molecule has 2 aromatic heterocycles. The predicted molar refractivity (Wildman–Crippen MR) is 96.5 cm³/mol. The fraction of sp³-hybridized carbons (Fsp3) is 0.389. The summed E-state index contributed by atoms with van der Waals surface area (Å²) in [4.78, 5) is 2.05. The zero-order valence-electron chi connectivity index (χ0n) is 15.3. The number of nitrogens with one attached hydrogen (secondary N) is 1. The van der Waals surface area contributed by atoms with Crippen LogP contribution < -0.4 is 5.32 Å². The number of alkyl halides is 3. The average Bonchev–Trinajstić information content (AvgIpc) is 3.05. The van der Waals surface area contributed by atoms with Crippen LogP contribution in [0.5, 0.6) is 0 Å². The topological polar surface area (TPSA) is 58.4 Å². The van der Waals surface area contributed by atoms with E-state index in [1.54, 1.807) is 6.07 Å². The minimum atomic E-state index is -4.61. The molecule has 0 spiro atoms. The molecule has 9 heteroatoms. The normalized spacial score (nSPS) is 13.3. The van der Waals surface area contributed by atoms with Gasteiger partial charge in [0.1, 0.15) is 5.82 Å². The largest absolute Gasteiger partial charge is 0.453 e. The molecule has 3 aromatic rings. The Bertz CT molecular complexity index is 902. The Labute approximate surface area is 155 Å². The lowest BCUT2D eigenvalue weighted by Crippen LogP contribution is -2.27. The van der Waals surface area contributed by atoms with Crippen LogP contribution in [0.3, 0.4) is 0 Å². The van der Waals surface area contributed by atoms with Crippen LogP contribution in [0.2, 0.25) is 0 Å². The highest BCUT2D eigenvalue weighted by Gasteiger charge is 2.37. The number of fused-ring (bicyclic) bond motifs is 1. The van der Waals surface area contributed by atoms with E-state index in [4.69, 9.17) is 0 Å². The van der Waals surface area contributed by atoms with Gasteiger partial charge in [-0.05, 0) is 43.8 Å². The molecule has 2 heterocycles. The molecular formula is C18H21F3N6. The molecule has 3 rings (SSSR count). The van der Waals surface area contributed by atoms with E-state index in [9.17, 15) is 13.2 Å². The van der Waals surface area contributed by atoms with Crippen LogP contribution in [0.1, 0.15) is 29.9 Å². The van der Waals surface area contributed by atoms with Gasteiger partial charge in [-0.1, -0.05) is 31.2 Å². The molecule has 1 atom stereocenters. The number of likely N-dealkylation sites (N-methyl/N-ethyl adjacent to an activating group) is 1. The summed E-state index contributed by atoms with van der Waals surface area (Å²) in [5, 5.41) is 13.8. The number of aromatic nitrogens is 4. The van der Waals surface area contributed by atoms with Crippen LogP contribution in [0.15, 0.2) is 36.4 Å². The Morgan fingerprint density at radius 1 is 1.07 bits per heavy atom. The number of hydrogen-bond donors (Lipinski definition) is 1. The van der Waals surface area contributed by atoms with Gasteiger partial charge in [-0.3, -0.25) is 0 Å². The zero-order valence-corrected chi connectivity index (χ0v) is 15.3. The van der Waals surface area contributed by atoms with Crippen LogP contribution >= 0.6 is 0 Å². The molecule has 6 nitrogen and oxygen atoms in total. The summed E-state index contributed by atoms with van der Waals surface area (Å²) < 4.78 is 39.7. The Hall–Kier alpha value is -2.68. The maximum Gasteiger partial charge on any atom is 0.453 e. The summed E-state index contributed by atoms with van der Waals surface area (Å²) in [6.45, 7) is 2.59. The Morgan fingerprint density at radius 3 is 2.37 bits per heavy atom. The number of aryl methyl sites for hydroxylation is 1. The summed E-state index contributed by atoms with van der Waals surface area (Å²) in [6, 6.07) is 11.4. The smallest absolute Gasteiger partial charge is 0.367 e. The van der Waals surface area contributed by atoms with Crippen molar-refractivity contribution in [3.63, 3.8) is 0 Å². The first-order valence-electron chi connectivity index (χ1n) is 8.58. The fourth-order valence-electron chi connectivity index (χ4n) is 2.84. The minimum absolute atomic E-state index is 0.0383. The van der Waals surface area contributed by atoms with Gasteiger partial charge in [-0.2, -0.15) is 17.7 Å². The van der Waals surface area contributed by atoms with Gasteiger partial charge in [0, 0.05) is 6.54 Å². The molecule has 0 aliphatic carbocycles. The maximum atomic E-state index is 13.0. The van der Waals surface area contributed by atoms with E-state index in [2.05, 4.69) is 51.8 Å². The van der Waals surface area contributed by atoms with Gasteiger partial charge < -0.3 is 10.2 Å². The van der Waals surface area contributed by atoms with Crippen LogP contribution in [0, 0.1) is 0 Å². The number of rotatable bonds is 6. The van der Waals surface area contributed by atoms with E-state index in [1.807, 2.05) is 19.0 Å². The highest BCUT2D eigenvalue weighted by Crippen LogP contribution is 2.27. The average molecular weight is 378 g/mol. The summed E-state index contributed by atoms with van der Waals surface area (Å²) in [7, 11) is 3.91. The Balaban J connectivity index is 1.80. The van der Waals surface area contributed by atoms with Crippen molar-refractivity contribution in [2.24, 2.45) is 0 Å². The van der Waals surface area contributed by atoms with E-state index in [0.29, 0.717) is 16.9 Å². The molecule has 0 fully saturated rings. The van der Waals surface area contributed by atoms with E-state index >= 15 is 0 Å². The molecule has 0 radical (unpaired) electrons. The molecular weight excluding hydrogens is 357 g/mol. The highest BCUT2D eigenvalue weighted by molar-refractivity contribution is 5.44. The first kappa shape index (κ1) is 19.1.